The third kappa shape index (κ3) is 2.07. The predicted octanol–water partition coefficient (Wildman–Crippen LogP) is 1.19. The first-order valence-electron chi connectivity index (χ1n) is 4.40. The van der Waals surface area contributed by atoms with Crippen molar-refractivity contribution in [1.82, 2.24) is 20.2 Å². The number of nitrogens with one attached hydrogen (secondary N) is 2. The first-order valence-corrected chi connectivity index (χ1v) is 4.40. The van der Waals surface area contributed by atoms with Gasteiger partial charge >= 0.3 is 0 Å². The van der Waals surface area contributed by atoms with E-state index in [0.717, 1.165) is 0 Å². The molecular weight excluding hydrogens is 180 g/mol. The predicted molar refractivity (Wildman–Crippen MR) is 53.8 cm³/mol. The van der Waals surface area contributed by atoms with Crippen molar-refractivity contribution in [3.63, 3.8) is 0 Å². The Bertz CT molecular complexity index is 418. The molecule has 2 heterocycles. The van der Waals surface area contributed by atoms with Crippen molar-refractivity contribution in [3.05, 3.63) is 35.1 Å². The van der Waals surface area contributed by atoms with Crippen molar-refractivity contribution >= 4 is 0 Å². The molecule has 5 nitrogen and oxygen atoms in total. The molecule has 0 radical (unpaired) electrons. The van der Waals surface area contributed by atoms with Gasteiger partial charge in [-0.1, -0.05) is 13.8 Å². The molecule has 2 aromatic heterocycles. The van der Waals surface area contributed by atoms with E-state index in [9.17, 15) is 4.79 Å². The Kier molecular flexibility index (Phi) is 3.60. The minimum Gasteiger partial charge on any atom is -0.305 e. The Morgan fingerprint density at radius 3 is 2.64 bits per heavy atom. The third-order valence-corrected chi connectivity index (χ3v) is 1.50. The van der Waals surface area contributed by atoms with E-state index in [2.05, 4.69) is 20.2 Å². The maximum Gasteiger partial charge on any atom is 0.273 e. The van der Waals surface area contributed by atoms with Gasteiger partial charge in [0.05, 0.1) is 11.3 Å². The Balaban J connectivity index is 0.000000461. The monoisotopic (exact) mass is 192 g/mol. The number of hydrogen-bond donors (Lipinski definition) is 2. The van der Waals surface area contributed by atoms with Crippen molar-refractivity contribution in [2.45, 2.75) is 13.8 Å². The van der Waals surface area contributed by atoms with Gasteiger partial charge in [-0.25, -0.2) is 9.97 Å². The Morgan fingerprint density at radius 1 is 1.36 bits per heavy atom. The van der Waals surface area contributed by atoms with Crippen LogP contribution in [-0.4, -0.2) is 20.2 Å². The number of aromatic nitrogens is 4. The molecule has 0 bridgehead atoms. The largest absolute Gasteiger partial charge is 0.305 e. The van der Waals surface area contributed by atoms with Crippen LogP contribution in [0.4, 0.5) is 0 Å². The van der Waals surface area contributed by atoms with Crippen LogP contribution in [0.2, 0.25) is 0 Å². The number of nitrogens with zero attached hydrogens (tertiary/aromatic N) is 2. The maximum absolute atomic E-state index is 11.1. The van der Waals surface area contributed by atoms with Crippen molar-refractivity contribution in [1.29, 1.82) is 0 Å². The molecule has 0 saturated carbocycles. The molecule has 2 N–H and O–H groups in total. The zero-order valence-corrected chi connectivity index (χ0v) is 8.11. The minimum atomic E-state index is -0.172. The second kappa shape index (κ2) is 4.96. The molecular formula is C9H12N4O. The molecule has 0 aliphatic heterocycles. The van der Waals surface area contributed by atoms with Crippen LogP contribution in [0.1, 0.15) is 13.8 Å². The quantitative estimate of drug-likeness (QED) is 0.712. The topological polar surface area (TPSA) is 74.4 Å². The molecule has 74 valence electrons. The summed E-state index contributed by atoms with van der Waals surface area (Å²) in [6.45, 7) is 4.00. The highest BCUT2D eigenvalue weighted by Gasteiger charge is 2.02. The summed E-state index contributed by atoms with van der Waals surface area (Å²) in [6.07, 6.45) is 4.57. The second-order valence-electron chi connectivity index (χ2n) is 2.25. The molecule has 0 amide bonds. The smallest absolute Gasteiger partial charge is 0.273 e. The minimum absolute atomic E-state index is 0.172. The van der Waals surface area contributed by atoms with Gasteiger partial charge in [0, 0.05) is 12.4 Å². The maximum atomic E-state index is 11.1. The summed E-state index contributed by atoms with van der Waals surface area (Å²) >= 11 is 0. The lowest BCUT2D eigenvalue weighted by Crippen LogP contribution is -2.02. The Hall–Kier alpha value is -1.91. The molecule has 0 saturated heterocycles. The zero-order valence-electron chi connectivity index (χ0n) is 8.11. The average molecular weight is 192 g/mol. The van der Waals surface area contributed by atoms with Crippen molar-refractivity contribution in [3.8, 4) is 11.3 Å². The van der Waals surface area contributed by atoms with Crippen molar-refractivity contribution < 1.29 is 0 Å². The van der Waals surface area contributed by atoms with E-state index in [1.165, 1.54) is 6.33 Å². The van der Waals surface area contributed by atoms with Crippen LogP contribution in [-0.2, 0) is 0 Å². The molecule has 0 fully saturated rings. The van der Waals surface area contributed by atoms with Gasteiger partial charge in [0.2, 0.25) is 0 Å². The van der Waals surface area contributed by atoms with Crippen LogP contribution >= 0.6 is 0 Å². The van der Waals surface area contributed by atoms with Gasteiger partial charge in [0.15, 0.2) is 0 Å². The summed E-state index contributed by atoms with van der Waals surface area (Å²) in [4.78, 5) is 18.8. The lowest BCUT2D eigenvalue weighted by atomic mass is 10.2. The Labute approximate surface area is 81.2 Å². The summed E-state index contributed by atoms with van der Waals surface area (Å²) in [5.41, 5.74) is 0.971. The van der Waals surface area contributed by atoms with E-state index in [1.807, 2.05) is 13.8 Å². The first kappa shape index (κ1) is 10.2. The van der Waals surface area contributed by atoms with Gasteiger partial charge in [-0.05, 0) is 6.07 Å². The van der Waals surface area contributed by atoms with Crippen LogP contribution in [0, 0.1) is 0 Å². The van der Waals surface area contributed by atoms with Crippen LogP contribution in [0.25, 0.3) is 11.3 Å². The molecule has 0 aromatic carbocycles. The van der Waals surface area contributed by atoms with Crippen LogP contribution < -0.4 is 5.56 Å². The number of H-pyrrole nitrogens is 2. The molecule has 14 heavy (non-hydrogen) atoms. The fourth-order valence-corrected chi connectivity index (χ4v) is 0.947. The van der Waals surface area contributed by atoms with E-state index in [1.54, 1.807) is 18.5 Å². The fourth-order valence-electron chi connectivity index (χ4n) is 0.947. The molecule has 0 unspecified atom stereocenters. The summed E-state index contributed by atoms with van der Waals surface area (Å²) in [5, 5.41) is 5.02. The molecule has 5 heteroatoms. The number of rotatable bonds is 1. The van der Waals surface area contributed by atoms with E-state index in [-0.39, 0.29) is 5.56 Å². The standard InChI is InChI=1S/C7H6N4O.C2H6/c12-7-5(3-10-11-7)6-1-2-8-4-9-6;1-2/h1-4H,(H2,10,11,12);1-2H3. The number of hydrogen-bond acceptors (Lipinski definition) is 3. The SMILES string of the molecule is CC.O=c1[nH][nH]cc1-c1ccncn1. The van der Waals surface area contributed by atoms with Gasteiger partial charge in [-0.15, -0.1) is 0 Å². The lowest BCUT2D eigenvalue weighted by Gasteiger charge is -1.90. The fraction of sp³-hybridized carbons (Fsp3) is 0.222. The Morgan fingerprint density at radius 2 is 2.14 bits per heavy atom. The van der Waals surface area contributed by atoms with Gasteiger partial charge in [0.1, 0.15) is 6.33 Å². The van der Waals surface area contributed by atoms with Crippen molar-refractivity contribution in [2.24, 2.45) is 0 Å². The van der Waals surface area contributed by atoms with Crippen LogP contribution in [0.5, 0.6) is 0 Å². The van der Waals surface area contributed by atoms with Gasteiger partial charge < -0.3 is 5.10 Å². The normalized spacial score (nSPS) is 9.00. The first-order chi connectivity index (χ1) is 6.88. The molecule has 0 aliphatic carbocycles. The van der Waals surface area contributed by atoms with E-state index in [0.29, 0.717) is 11.3 Å². The molecule has 0 atom stereocenters. The molecule has 0 spiro atoms. The second-order valence-corrected chi connectivity index (χ2v) is 2.25. The van der Waals surface area contributed by atoms with E-state index in [4.69, 9.17) is 0 Å². The van der Waals surface area contributed by atoms with Gasteiger partial charge in [0.25, 0.3) is 5.56 Å². The van der Waals surface area contributed by atoms with Gasteiger partial charge in [-0.2, -0.15) is 0 Å². The highest BCUT2D eigenvalue weighted by molar-refractivity contribution is 5.55. The van der Waals surface area contributed by atoms with Crippen LogP contribution in [0.15, 0.2) is 29.6 Å². The van der Waals surface area contributed by atoms with Crippen molar-refractivity contribution in [2.75, 3.05) is 0 Å². The van der Waals surface area contributed by atoms with Gasteiger partial charge in [-0.3, -0.25) is 9.89 Å². The van der Waals surface area contributed by atoms with E-state index >= 15 is 0 Å². The molecule has 0 aliphatic rings. The summed E-state index contributed by atoms with van der Waals surface area (Å²) in [5.74, 6) is 0. The van der Waals surface area contributed by atoms with Crippen LogP contribution in [0.3, 0.4) is 0 Å². The highest BCUT2D eigenvalue weighted by atomic mass is 16.1. The summed E-state index contributed by atoms with van der Waals surface area (Å²) < 4.78 is 0. The van der Waals surface area contributed by atoms with E-state index < -0.39 is 0 Å². The number of aromatic amines is 2. The average Bonchev–Trinajstić information content (AvgIpc) is 2.69. The molecule has 2 rings (SSSR count). The lowest BCUT2D eigenvalue weighted by molar-refractivity contribution is 1.06. The third-order valence-electron chi connectivity index (χ3n) is 1.50. The highest BCUT2D eigenvalue weighted by Crippen LogP contribution is 2.07. The zero-order chi connectivity index (χ0) is 10.4. The molecule has 2 aromatic rings. The summed E-state index contributed by atoms with van der Waals surface area (Å²) in [6, 6.07) is 1.68. The summed E-state index contributed by atoms with van der Waals surface area (Å²) in [7, 11) is 0.